The Balaban J connectivity index is 1.25. The van der Waals surface area contributed by atoms with Crippen LogP contribution in [0.1, 0.15) is 57.8 Å². The van der Waals surface area contributed by atoms with Crippen LogP contribution in [0.15, 0.2) is 102 Å². The third-order valence-corrected chi connectivity index (χ3v) is 7.78. The number of esters is 1. The molecule has 1 aliphatic rings. The number of carbonyl (C=O) groups is 1. The Kier molecular flexibility index (Phi) is 13.7. The maximum atomic E-state index is 12.7. The van der Waals surface area contributed by atoms with Crippen molar-refractivity contribution in [3.05, 3.63) is 108 Å². The molecule has 0 radical (unpaired) electrons. The predicted octanol–water partition coefficient (Wildman–Crippen LogP) is 7.73. The zero-order valence-corrected chi connectivity index (χ0v) is 27.5. The van der Waals surface area contributed by atoms with Crippen molar-refractivity contribution in [3.8, 4) is 11.5 Å². The molecule has 1 heterocycles. The third kappa shape index (κ3) is 11.0. The van der Waals surface area contributed by atoms with Crippen LogP contribution in [0.3, 0.4) is 0 Å². The van der Waals surface area contributed by atoms with E-state index in [0.717, 1.165) is 22.6 Å². The van der Waals surface area contributed by atoms with Gasteiger partial charge in [-0.15, -0.1) is 0 Å². The Hall–Kier alpha value is -4.14. The summed E-state index contributed by atoms with van der Waals surface area (Å²) in [5.74, 6) is 1.54. The average Bonchev–Trinajstić information content (AvgIpc) is 3.08. The summed E-state index contributed by atoms with van der Waals surface area (Å²) in [6.45, 7) is 9.28. The fourth-order valence-corrected chi connectivity index (χ4v) is 5.25. The molecule has 0 fully saturated rings. The monoisotopic (exact) mass is 629 g/mol. The highest BCUT2D eigenvalue weighted by molar-refractivity contribution is 5.85. The van der Waals surface area contributed by atoms with E-state index in [1.165, 1.54) is 0 Å². The second kappa shape index (κ2) is 18.1. The van der Waals surface area contributed by atoms with Gasteiger partial charge >= 0.3 is 5.97 Å². The van der Waals surface area contributed by atoms with Crippen LogP contribution in [-0.2, 0) is 30.4 Å². The van der Waals surface area contributed by atoms with Crippen LogP contribution >= 0.6 is 0 Å². The first kappa shape index (κ1) is 34.7. The van der Waals surface area contributed by atoms with Crippen LogP contribution in [0.4, 0.5) is 0 Å². The first-order valence-corrected chi connectivity index (χ1v) is 16.0. The highest BCUT2D eigenvalue weighted by atomic mass is 16.6. The van der Waals surface area contributed by atoms with Crippen molar-refractivity contribution in [2.45, 2.75) is 71.6 Å². The fraction of sp³-hybridized carbons (Fsp3) is 0.421. The van der Waals surface area contributed by atoms with E-state index in [2.05, 4.69) is 38.1 Å². The molecule has 0 unspecified atom stereocenters. The molecule has 0 N–H and O–H groups in total. The molecule has 8 nitrogen and oxygen atoms in total. The Morgan fingerprint density at radius 2 is 1.54 bits per heavy atom. The van der Waals surface area contributed by atoms with Gasteiger partial charge in [-0.05, 0) is 60.7 Å². The Morgan fingerprint density at radius 1 is 0.870 bits per heavy atom. The standard InChI is InChI=1S/C38H47NO7/c1-27(2)38(43-25-30-12-8-6-9-13-30)28(3)24-44-39-29(4)16-23-37(40)42-26-36-35(45-33-19-17-32(41-5)18-20-33)22-21-34(46-36)31-14-10-7-11-15-31/h6-15,17-22,27-28,34-36,38H,16,23-26H2,1-5H3/t28-,34+,35+,36-,38-/m1/s1. The number of methoxy groups -OCH3 is 1. The largest absolute Gasteiger partial charge is 0.497 e. The summed E-state index contributed by atoms with van der Waals surface area (Å²) in [7, 11) is 1.62. The molecular weight excluding hydrogens is 582 g/mol. The molecule has 0 aliphatic carbocycles. The average molecular weight is 630 g/mol. The molecule has 0 bridgehead atoms. The van der Waals surface area contributed by atoms with E-state index in [0.29, 0.717) is 31.3 Å². The minimum absolute atomic E-state index is 0.0292. The molecular formula is C38H47NO7. The summed E-state index contributed by atoms with van der Waals surface area (Å²) in [6, 6.07) is 27.4. The Morgan fingerprint density at radius 3 is 2.22 bits per heavy atom. The van der Waals surface area contributed by atoms with E-state index in [4.69, 9.17) is 28.5 Å². The molecule has 0 amide bonds. The lowest BCUT2D eigenvalue weighted by Crippen LogP contribution is -2.40. The van der Waals surface area contributed by atoms with E-state index in [1.54, 1.807) is 7.11 Å². The number of benzene rings is 3. The zero-order valence-electron chi connectivity index (χ0n) is 27.5. The van der Waals surface area contributed by atoms with Crippen LogP contribution in [0.25, 0.3) is 0 Å². The molecule has 0 saturated carbocycles. The van der Waals surface area contributed by atoms with E-state index in [-0.39, 0.29) is 37.1 Å². The van der Waals surface area contributed by atoms with Crippen molar-refractivity contribution in [1.29, 1.82) is 0 Å². The van der Waals surface area contributed by atoms with Gasteiger partial charge in [0, 0.05) is 5.92 Å². The van der Waals surface area contributed by atoms with Gasteiger partial charge in [-0.3, -0.25) is 4.79 Å². The number of hydrogen-bond acceptors (Lipinski definition) is 8. The second-order valence-electron chi connectivity index (χ2n) is 11.9. The number of carbonyl (C=O) groups excluding carboxylic acids is 1. The second-order valence-corrected chi connectivity index (χ2v) is 11.9. The molecule has 0 spiro atoms. The van der Waals surface area contributed by atoms with Gasteiger partial charge in [0.2, 0.25) is 0 Å². The summed E-state index contributed by atoms with van der Waals surface area (Å²) >= 11 is 0. The lowest BCUT2D eigenvalue weighted by molar-refractivity contribution is -0.152. The van der Waals surface area contributed by atoms with Crippen molar-refractivity contribution < 1.29 is 33.3 Å². The smallest absolute Gasteiger partial charge is 0.306 e. The molecule has 3 aromatic carbocycles. The molecule has 0 aromatic heterocycles. The van der Waals surface area contributed by atoms with E-state index in [9.17, 15) is 4.79 Å². The summed E-state index contributed by atoms with van der Waals surface area (Å²) in [4.78, 5) is 18.4. The zero-order chi connectivity index (χ0) is 32.7. The molecule has 246 valence electrons. The first-order chi connectivity index (χ1) is 22.3. The number of rotatable bonds is 17. The van der Waals surface area contributed by atoms with Gasteiger partial charge in [-0.25, -0.2) is 0 Å². The van der Waals surface area contributed by atoms with E-state index >= 15 is 0 Å². The van der Waals surface area contributed by atoms with Gasteiger partial charge in [0.25, 0.3) is 0 Å². The summed E-state index contributed by atoms with van der Waals surface area (Å²) in [5.41, 5.74) is 2.88. The van der Waals surface area contributed by atoms with Gasteiger partial charge < -0.3 is 28.5 Å². The van der Waals surface area contributed by atoms with Crippen molar-refractivity contribution in [3.63, 3.8) is 0 Å². The van der Waals surface area contributed by atoms with Crippen molar-refractivity contribution in [2.24, 2.45) is 17.0 Å². The highest BCUT2D eigenvalue weighted by Crippen LogP contribution is 2.29. The normalized spacial score (nSPS) is 19.3. The molecule has 0 saturated heterocycles. The fourth-order valence-electron chi connectivity index (χ4n) is 5.25. The van der Waals surface area contributed by atoms with Gasteiger partial charge in [-0.2, -0.15) is 0 Å². The van der Waals surface area contributed by atoms with Crippen molar-refractivity contribution in [1.82, 2.24) is 0 Å². The summed E-state index contributed by atoms with van der Waals surface area (Å²) in [5, 5.41) is 4.25. The first-order valence-electron chi connectivity index (χ1n) is 16.0. The van der Waals surface area contributed by atoms with Crippen molar-refractivity contribution in [2.75, 3.05) is 20.3 Å². The molecule has 4 rings (SSSR count). The van der Waals surface area contributed by atoms with Crippen LogP contribution in [0, 0.1) is 11.8 Å². The van der Waals surface area contributed by atoms with Crippen LogP contribution in [0.5, 0.6) is 11.5 Å². The molecule has 46 heavy (non-hydrogen) atoms. The van der Waals surface area contributed by atoms with E-state index < -0.39 is 12.2 Å². The van der Waals surface area contributed by atoms with Crippen LogP contribution in [0.2, 0.25) is 0 Å². The highest BCUT2D eigenvalue weighted by Gasteiger charge is 2.31. The maximum Gasteiger partial charge on any atom is 0.306 e. The lowest BCUT2D eigenvalue weighted by Gasteiger charge is -2.32. The SMILES string of the molecule is COc1ccc(O[C@H]2C=C[C@@H](c3ccccc3)O[C@@H]2COC(=O)CCC(C)=NOC[C@@H](C)[C@H](OCc2ccccc2)C(C)C)cc1. The minimum atomic E-state index is -0.501. The Bertz CT molecular complexity index is 1380. The van der Waals surface area contributed by atoms with Gasteiger partial charge in [0.15, 0.2) is 0 Å². The summed E-state index contributed by atoms with van der Waals surface area (Å²) < 4.78 is 29.7. The number of hydrogen-bond donors (Lipinski definition) is 0. The van der Waals surface area contributed by atoms with Crippen LogP contribution in [-0.4, -0.2) is 50.3 Å². The van der Waals surface area contributed by atoms with Crippen LogP contribution < -0.4 is 9.47 Å². The lowest BCUT2D eigenvalue weighted by atomic mass is 9.95. The van der Waals surface area contributed by atoms with Gasteiger partial charge in [0.05, 0.1) is 32.0 Å². The predicted molar refractivity (Wildman–Crippen MR) is 179 cm³/mol. The molecule has 8 heteroatoms. The number of oxime groups is 1. The summed E-state index contributed by atoms with van der Waals surface area (Å²) in [6.07, 6.45) is 3.37. The topological polar surface area (TPSA) is 84.8 Å². The van der Waals surface area contributed by atoms with Gasteiger partial charge in [0.1, 0.15) is 43.0 Å². The molecule has 5 atom stereocenters. The number of ether oxygens (including phenoxy) is 5. The number of nitrogens with zero attached hydrogens (tertiary/aromatic N) is 1. The Labute approximate surface area is 273 Å². The van der Waals surface area contributed by atoms with Gasteiger partial charge in [-0.1, -0.05) is 92.7 Å². The molecule has 1 aliphatic heterocycles. The van der Waals surface area contributed by atoms with E-state index in [1.807, 2.05) is 91.9 Å². The minimum Gasteiger partial charge on any atom is -0.497 e. The quantitative estimate of drug-likeness (QED) is 0.0654. The van der Waals surface area contributed by atoms with Crippen molar-refractivity contribution >= 4 is 11.7 Å². The maximum absolute atomic E-state index is 12.7. The third-order valence-electron chi connectivity index (χ3n) is 7.78. The molecule has 3 aromatic rings.